The normalized spacial score (nSPS) is 11.1. The molecule has 0 radical (unpaired) electrons. The van der Waals surface area contributed by atoms with Gasteiger partial charge in [-0.05, 0) is 45.4 Å². The number of ether oxygens (including phenoxy) is 3. The van der Waals surface area contributed by atoms with Gasteiger partial charge in [0.1, 0.15) is 0 Å². The molecule has 0 fully saturated rings. The predicted molar refractivity (Wildman–Crippen MR) is 99.3 cm³/mol. The molecule has 8 nitrogen and oxygen atoms in total. The van der Waals surface area contributed by atoms with E-state index in [1.807, 2.05) is 25.1 Å². The van der Waals surface area contributed by atoms with Crippen molar-refractivity contribution < 1.29 is 19.0 Å². The maximum Gasteiger partial charge on any atom is 0.361 e. The van der Waals surface area contributed by atoms with Gasteiger partial charge in [-0.25, -0.2) is 9.31 Å². The first-order valence-electron chi connectivity index (χ1n) is 8.53. The minimum Gasteiger partial charge on any atom is -0.493 e. The molecule has 8 heteroatoms. The van der Waals surface area contributed by atoms with Crippen LogP contribution in [0.15, 0.2) is 18.2 Å². The minimum atomic E-state index is -0.516. The van der Waals surface area contributed by atoms with Crippen LogP contribution in [0.4, 0.5) is 0 Å². The molecule has 0 aliphatic rings. The molecule has 2 aromatic heterocycles. The fourth-order valence-corrected chi connectivity index (χ4v) is 2.90. The maximum atomic E-state index is 12.2. The predicted octanol–water partition coefficient (Wildman–Crippen LogP) is 2.99. The molecule has 0 bridgehead atoms. The number of fused-ring (bicyclic) bond motifs is 1. The van der Waals surface area contributed by atoms with Crippen molar-refractivity contribution in [3.8, 4) is 22.6 Å². The summed E-state index contributed by atoms with van der Waals surface area (Å²) >= 11 is 0. The molecule has 142 valence electrons. The summed E-state index contributed by atoms with van der Waals surface area (Å²) in [4.78, 5) is 12.2. The van der Waals surface area contributed by atoms with Crippen LogP contribution in [0.25, 0.3) is 16.8 Å². The van der Waals surface area contributed by atoms with E-state index in [0.29, 0.717) is 22.8 Å². The summed E-state index contributed by atoms with van der Waals surface area (Å²) in [6, 6.07) is 5.59. The molecule has 2 heterocycles. The fourth-order valence-electron chi connectivity index (χ4n) is 2.90. The van der Waals surface area contributed by atoms with E-state index < -0.39 is 5.97 Å². The Morgan fingerprint density at radius 3 is 2.41 bits per heavy atom. The Hall–Kier alpha value is -3.16. The summed E-state index contributed by atoms with van der Waals surface area (Å²) in [6.07, 6.45) is -0.240. The lowest BCUT2D eigenvalue weighted by molar-refractivity contribution is 0.0367. The first-order chi connectivity index (χ1) is 12.9. The van der Waals surface area contributed by atoms with Crippen LogP contribution in [0.5, 0.6) is 11.5 Å². The third kappa shape index (κ3) is 3.30. The summed E-state index contributed by atoms with van der Waals surface area (Å²) in [7, 11) is 3.17. The molecule has 0 spiro atoms. The third-order valence-corrected chi connectivity index (χ3v) is 4.15. The van der Waals surface area contributed by atoms with E-state index in [1.165, 1.54) is 0 Å². The second-order valence-corrected chi connectivity index (χ2v) is 6.35. The molecule has 27 heavy (non-hydrogen) atoms. The first kappa shape index (κ1) is 18.6. The lowest BCUT2D eigenvalue weighted by Crippen LogP contribution is -2.17. The van der Waals surface area contributed by atoms with Crippen molar-refractivity contribution in [2.24, 2.45) is 0 Å². The van der Waals surface area contributed by atoms with Gasteiger partial charge in [-0.3, -0.25) is 0 Å². The van der Waals surface area contributed by atoms with Gasteiger partial charge in [-0.2, -0.15) is 5.10 Å². The summed E-state index contributed by atoms with van der Waals surface area (Å²) in [5.74, 6) is 0.727. The molecular weight excluding hydrogens is 348 g/mol. The highest BCUT2D eigenvalue weighted by atomic mass is 16.5. The number of aromatic nitrogens is 4. The molecule has 0 unspecified atom stereocenters. The Bertz CT molecular complexity index is 1010. The van der Waals surface area contributed by atoms with Gasteiger partial charge >= 0.3 is 5.97 Å². The van der Waals surface area contributed by atoms with Crippen LogP contribution in [-0.4, -0.2) is 46.1 Å². The van der Waals surface area contributed by atoms with Crippen LogP contribution in [0.3, 0.4) is 0 Å². The fraction of sp³-hybridized carbons (Fsp3) is 0.368. The number of hydrogen-bond donors (Lipinski definition) is 0. The number of nitrogens with zero attached hydrogens (tertiary/aromatic N) is 4. The average Bonchev–Trinajstić information content (AvgIpc) is 2.97. The van der Waals surface area contributed by atoms with Gasteiger partial charge in [-0.15, -0.1) is 10.2 Å². The largest absolute Gasteiger partial charge is 0.493 e. The van der Waals surface area contributed by atoms with E-state index in [0.717, 1.165) is 16.8 Å². The number of carbonyl (C=O) groups is 1. The van der Waals surface area contributed by atoms with E-state index >= 15 is 0 Å². The summed E-state index contributed by atoms with van der Waals surface area (Å²) in [6.45, 7) is 7.22. The van der Waals surface area contributed by atoms with E-state index in [4.69, 9.17) is 14.2 Å². The van der Waals surface area contributed by atoms with Gasteiger partial charge in [0.2, 0.25) is 0 Å². The minimum absolute atomic E-state index is 0.151. The Labute approximate surface area is 157 Å². The molecule has 3 rings (SSSR count). The Balaban J connectivity index is 2.15. The number of aryl methyl sites for hydroxylation is 2. The third-order valence-electron chi connectivity index (χ3n) is 4.15. The Kier molecular flexibility index (Phi) is 4.98. The zero-order valence-electron chi connectivity index (χ0n) is 16.2. The molecule has 0 amide bonds. The molecule has 0 N–H and O–H groups in total. The molecule has 3 aromatic rings. The Morgan fingerprint density at radius 2 is 1.78 bits per heavy atom. The van der Waals surface area contributed by atoms with Gasteiger partial charge in [0, 0.05) is 0 Å². The van der Waals surface area contributed by atoms with Crippen LogP contribution in [0.2, 0.25) is 0 Å². The van der Waals surface area contributed by atoms with Gasteiger partial charge in [-0.1, -0.05) is 6.07 Å². The van der Waals surface area contributed by atoms with Gasteiger partial charge in [0.25, 0.3) is 0 Å². The summed E-state index contributed by atoms with van der Waals surface area (Å²) < 4.78 is 17.5. The van der Waals surface area contributed by atoms with E-state index in [1.54, 1.807) is 39.5 Å². The molecule has 1 aromatic carbocycles. The molecule has 0 atom stereocenters. The van der Waals surface area contributed by atoms with Crippen LogP contribution in [-0.2, 0) is 4.74 Å². The lowest BCUT2D eigenvalue weighted by Gasteiger charge is -2.10. The number of benzene rings is 1. The first-order valence-corrected chi connectivity index (χ1v) is 8.53. The summed E-state index contributed by atoms with van der Waals surface area (Å²) in [5.41, 5.74) is 3.71. The standard InChI is InChI=1S/C19H22N4O4/c1-10(2)27-19(24)17-12(4)23-18(21-20-17)16(11(3)22-23)13-7-8-14(25-5)15(9-13)26-6/h7-10H,1-6H3. The number of hydrogen-bond acceptors (Lipinski definition) is 7. The molecule has 0 aliphatic carbocycles. The maximum absolute atomic E-state index is 12.2. The van der Waals surface area contributed by atoms with Crippen molar-refractivity contribution in [1.82, 2.24) is 19.8 Å². The lowest BCUT2D eigenvalue weighted by atomic mass is 10.1. The zero-order chi connectivity index (χ0) is 19.7. The van der Waals surface area contributed by atoms with E-state index in [2.05, 4.69) is 15.3 Å². The summed E-state index contributed by atoms with van der Waals surface area (Å²) in [5, 5.41) is 12.9. The van der Waals surface area contributed by atoms with Crippen LogP contribution >= 0.6 is 0 Å². The highest BCUT2D eigenvalue weighted by Crippen LogP contribution is 2.35. The molecular formula is C19H22N4O4. The number of methoxy groups -OCH3 is 2. The van der Waals surface area contributed by atoms with E-state index in [-0.39, 0.29) is 11.8 Å². The highest BCUT2D eigenvalue weighted by Gasteiger charge is 2.22. The van der Waals surface area contributed by atoms with Crippen molar-refractivity contribution in [3.05, 3.63) is 35.3 Å². The smallest absolute Gasteiger partial charge is 0.361 e. The second kappa shape index (κ2) is 7.22. The zero-order valence-corrected chi connectivity index (χ0v) is 16.2. The van der Waals surface area contributed by atoms with E-state index in [9.17, 15) is 4.79 Å². The second-order valence-electron chi connectivity index (χ2n) is 6.35. The van der Waals surface area contributed by atoms with Crippen LogP contribution in [0, 0.1) is 13.8 Å². The number of rotatable bonds is 5. The van der Waals surface area contributed by atoms with Crippen molar-refractivity contribution in [2.45, 2.75) is 33.8 Å². The molecule has 0 saturated heterocycles. The van der Waals surface area contributed by atoms with Crippen molar-refractivity contribution in [1.29, 1.82) is 0 Å². The van der Waals surface area contributed by atoms with Gasteiger partial charge in [0.15, 0.2) is 22.8 Å². The monoisotopic (exact) mass is 370 g/mol. The Morgan fingerprint density at radius 1 is 1.07 bits per heavy atom. The molecule has 0 aliphatic heterocycles. The van der Waals surface area contributed by atoms with Crippen LogP contribution < -0.4 is 9.47 Å². The number of carbonyl (C=O) groups excluding carboxylic acids is 1. The number of esters is 1. The topological polar surface area (TPSA) is 87.8 Å². The van der Waals surface area contributed by atoms with Crippen molar-refractivity contribution in [3.63, 3.8) is 0 Å². The van der Waals surface area contributed by atoms with Gasteiger partial charge < -0.3 is 14.2 Å². The van der Waals surface area contributed by atoms with Crippen LogP contribution in [0.1, 0.15) is 35.7 Å². The van der Waals surface area contributed by atoms with Crippen molar-refractivity contribution in [2.75, 3.05) is 14.2 Å². The molecule has 0 saturated carbocycles. The van der Waals surface area contributed by atoms with Crippen molar-refractivity contribution >= 4 is 11.6 Å². The average molecular weight is 370 g/mol. The quantitative estimate of drug-likeness (QED) is 0.638. The highest BCUT2D eigenvalue weighted by molar-refractivity contribution is 5.89. The van der Waals surface area contributed by atoms with Gasteiger partial charge in [0.05, 0.1) is 37.3 Å². The SMILES string of the molecule is COc1ccc(-c2c(C)nn3c(C)c(C(=O)OC(C)C)nnc23)cc1OC.